The molecule has 0 spiro atoms. The summed E-state index contributed by atoms with van der Waals surface area (Å²) in [5.74, 6) is -0.371. The van der Waals surface area contributed by atoms with E-state index in [1.807, 2.05) is 24.3 Å². The maximum absolute atomic E-state index is 12.1. The van der Waals surface area contributed by atoms with Crippen LogP contribution in [0.1, 0.15) is 19.3 Å². The molecule has 2 amide bonds. The van der Waals surface area contributed by atoms with Gasteiger partial charge in [-0.1, -0.05) is 23.9 Å². The number of amides is 2. The predicted molar refractivity (Wildman–Crippen MR) is 92.0 cm³/mol. The quantitative estimate of drug-likeness (QED) is 0.874. The number of amidine groups is 1. The van der Waals surface area contributed by atoms with Gasteiger partial charge in [0, 0.05) is 24.0 Å². The fourth-order valence-corrected chi connectivity index (χ4v) is 3.99. The number of anilines is 1. The van der Waals surface area contributed by atoms with Crippen LogP contribution < -0.4 is 5.32 Å². The first-order valence-electron chi connectivity index (χ1n) is 7.22. The highest BCUT2D eigenvalue weighted by Gasteiger charge is 2.33. The second kappa shape index (κ2) is 6.83. The van der Waals surface area contributed by atoms with Crippen molar-refractivity contribution in [2.45, 2.75) is 24.5 Å². The summed E-state index contributed by atoms with van der Waals surface area (Å²) < 4.78 is 0.822. The Labute approximate surface area is 141 Å². The number of rotatable bonds is 3. The van der Waals surface area contributed by atoms with Gasteiger partial charge in [0.1, 0.15) is 5.25 Å². The monoisotopic (exact) mass is 381 g/mol. The standard InChI is InChI=1S/C15H16BrN3O2S/c16-10-5-1-2-6-11(10)17-13(20)9-12-14(21)18-15(22-12)19-7-3-4-8-19/h1-2,5-6,12H,3-4,7-9H2,(H,17,20). The van der Waals surface area contributed by atoms with E-state index < -0.39 is 5.25 Å². The Kier molecular flexibility index (Phi) is 4.83. The van der Waals surface area contributed by atoms with E-state index in [2.05, 4.69) is 31.1 Å². The summed E-state index contributed by atoms with van der Waals surface area (Å²) in [6.45, 7) is 1.91. The second-order valence-corrected chi connectivity index (χ2v) is 7.29. The van der Waals surface area contributed by atoms with Crippen LogP contribution in [0.4, 0.5) is 5.69 Å². The topological polar surface area (TPSA) is 61.8 Å². The minimum absolute atomic E-state index is 0.145. The Hall–Kier alpha value is -1.34. The van der Waals surface area contributed by atoms with Crippen molar-refractivity contribution in [3.8, 4) is 0 Å². The highest BCUT2D eigenvalue weighted by molar-refractivity contribution is 9.10. The minimum Gasteiger partial charge on any atom is -0.351 e. The van der Waals surface area contributed by atoms with Crippen molar-refractivity contribution < 1.29 is 9.59 Å². The number of nitrogens with one attached hydrogen (secondary N) is 1. The molecule has 116 valence electrons. The van der Waals surface area contributed by atoms with Crippen molar-refractivity contribution in [3.05, 3.63) is 28.7 Å². The fraction of sp³-hybridized carbons (Fsp3) is 0.400. The lowest BCUT2D eigenvalue weighted by atomic mass is 10.2. The van der Waals surface area contributed by atoms with Crippen LogP contribution in [0.15, 0.2) is 33.7 Å². The lowest BCUT2D eigenvalue weighted by Gasteiger charge is -2.16. The second-order valence-electron chi connectivity index (χ2n) is 5.27. The number of nitrogens with zero attached hydrogens (tertiary/aromatic N) is 2. The first-order valence-corrected chi connectivity index (χ1v) is 8.89. The zero-order valence-electron chi connectivity index (χ0n) is 11.9. The number of halogens is 1. The summed E-state index contributed by atoms with van der Waals surface area (Å²) in [5.41, 5.74) is 0.712. The van der Waals surface area contributed by atoms with Gasteiger partial charge in [0.25, 0.3) is 5.91 Å². The van der Waals surface area contributed by atoms with Crippen molar-refractivity contribution >= 4 is 50.4 Å². The molecule has 1 N–H and O–H groups in total. The van der Waals surface area contributed by atoms with Gasteiger partial charge in [-0.05, 0) is 40.9 Å². The molecule has 2 aliphatic rings. The fourth-order valence-electron chi connectivity index (χ4n) is 2.49. The van der Waals surface area contributed by atoms with Crippen LogP contribution in [0.5, 0.6) is 0 Å². The molecule has 0 aromatic heterocycles. The van der Waals surface area contributed by atoms with Gasteiger partial charge in [0.05, 0.1) is 5.69 Å². The SMILES string of the molecule is O=C(CC1SC(N2CCCC2)=NC1=O)Nc1ccccc1Br. The van der Waals surface area contributed by atoms with Crippen molar-refractivity contribution in [1.82, 2.24) is 4.90 Å². The van der Waals surface area contributed by atoms with E-state index in [0.29, 0.717) is 5.69 Å². The van der Waals surface area contributed by atoms with Crippen LogP contribution in [0, 0.1) is 0 Å². The molecule has 0 radical (unpaired) electrons. The Morgan fingerprint density at radius 1 is 1.36 bits per heavy atom. The molecule has 1 aromatic carbocycles. The molecule has 1 aromatic rings. The molecule has 5 nitrogen and oxygen atoms in total. The third kappa shape index (κ3) is 3.52. The van der Waals surface area contributed by atoms with Crippen LogP contribution in [-0.2, 0) is 9.59 Å². The molecular weight excluding hydrogens is 366 g/mol. The molecular formula is C15H16BrN3O2S. The number of carbonyl (C=O) groups excluding carboxylic acids is 2. The molecule has 2 heterocycles. The van der Waals surface area contributed by atoms with E-state index in [-0.39, 0.29) is 18.2 Å². The molecule has 1 unspecified atom stereocenters. The van der Waals surface area contributed by atoms with E-state index in [1.54, 1.807) is 0 Å². The van der Waals surface area contributed by atoms with Gasteiger partial charge >= 0.3 is 0 Å². The van der Waals surface area contributed by atoms with Gasteiger partial charge < -0.3 is 10.2 Å². The van der Waals surface area contributed by atoms with E-state index in [1.165, 1.54) is 11.8 Å². The number of aliphatic imine (C=N–C) groups is 1. The molecule has 1 fully saturated rings. The number of para-hydroxylation sites is 1. The number of carbonyl (C=O) groups is 2. The van der Waals surface area contributed by atoms with Gasteiger partial charge in [-0.15, -0.1) is 0 Å². The summed E-state index contributed by atoms with van der Waals surface area (Å²) in [5, 5.41) is 3.20. The molecule has 1 saturated heterocycles. The number of hydrogen-bond donors (Lipinski definition) is 1. The first-order chi connectivity index (χ1) is 10.6. The Morgan fingerprint density at radius 2 is 2.09 bits per heavy atom. The van der Waals surface area contributed by atoms with E-state index in [4.69, 9.17) is 0 Å². The van der Waals surface area contributed by atoms with E-state index >= 15 is 0 Å². The van der Waals surface area contributed by atoms with Crippen LogP contribution in [0.25, 0.3) is 0 Å². The van der Waals surface area contributed by atoms with Crippen LogP contribution >= 0.6 is 27.7 Å². The normalized spacial score (nSPS) is 21.1. The smallest absolute Gasteiger partial charge is 0.262 e. The summed E-state index contributed by atoms with van der Waals surface area (Å²) in [4.78, 5) is 30.3. The van der Waals surface area contributed by atoms with Crippen molar-refractivity contribution in [1.29, 1.82) is 0 Å². The van der Waals surface area contributed by atoms with Gasteiger partial charge in [-0.25, -0.2) is 0 Å². The number of thioether (sulfide) groups is 1. The number of hydrogen-bond acceptors (Lipinski definition) is 4. The van der Waals surface area contributed by atoms with Crippen LogP contribution in [-0.4, -0.2) is 40.2 Å². The maximum atomic E-state index is 12.1. The van der Waals surface area contributed by atoms with E-state index in [0.717, 1.165) is 35.6 Å². The molecule has 0 bridgehead atoms. The molecule has 22 heavy (non-hydrogen) atoms. The van der Waals surface area contributed by atoms with Crippen molar-refractivity contribution in [2.75, 3.05) is 18.4 Å². The highest BCUT2D eigenvalue weighted by atomic mass is 79.9. The number of benzene rings is 1. The molecule has 0 aliphatic carbocycles. The first kappa shape index (κ1) is 15.6. The van der Waals surface area contributed by atoms with Gasteiger partial charge in [0.2, 0.25) is 5.91 Å². The lowest BCUT2D eigenvalue weighted by Crippen LogP contribution is -2.25. The molecule has 3 rings (SSSR count). The molecule has 1 atom stereocenters. The summed E-state index contributed by atoms with van der Waals surface area (Å²) in [6, 6.07) is 7.41. The third-order valence-corrected chi connectivity index (χ3v) is 5.53. The molecule has 7 heteroatoms. The summed E-state index contributed by atoms with van der Waals surface area (Å²) in [6.07, 6.45) is 2.42. The molecule has 0 saturated carbocycles. The van der Waals surface area contributed by atoms with Gasteiger partial charge in [0.15, 0.2) is 5.17 Å². The highest BCUT2D eigenvalue weighted by Crippen LogP contribution is 2.29. The van der Waals surface area contributed by atoms with Crippen molar-refractivity contribution in [3.63, 3.8) is 0 Å². The van der Waals surface area contributed by atoms with Crippen LogP contribution in [0.2, 0.25) is 0 Å². The zero-order chi connectivity index (χ0) is 15.5. The lowest BCUT2D eigenvalue weighted by molar-refractivity contribution is -0.121. The summed E-state index contributed by atoms with van der Waals surface area (Å²) >= 11 is 4.80. The average molecular weight is 382 g/mol. The minimum atomic E-state index is -0.405. The Balaban J connectivity index is 1.56. The third-order valence-electron chi connectivity index (χ3n) is 3.62. The van der Waals surface area contributed by atoms with Gasteiger partial charge in [-0.3, -0.25) is 9.59 Å². The Bertz CT molecular complexity index is 629. The van der Waals surface area contributed by atoms with Crippen LogP contribution in [0.3, 0.4) is 0 Å². The average Bonchev–Trinajstić information content (AvgIpc) is 3.12. The molecule has 2 aliphatic heterocycles. The zero-order valence-corrected chi connectivity index (χ0v) is 14.3. The summed E-state index contributed by atoms with van der Waals surface area (Å²) in [7, 11) is 0. The maximum Gasteiger partial charge on any atom is 0.262 e. The van der Waals surface area contributed by atoms with E-state index in [9.17, 15) is 9.59 Å². The largest absolute Gasteiger partial charge is 0.351 e. The van der Waals surface area contributed by atoms with Gasteiger partial charge in [-0.2, -0.15) is 4.99 Å². The van der Waals surface area contributed by atoms with Crippen molar-refractivity contribution in [2.24, 2.45) is 4.99 Å². The predicted octanol–water partition coefficient (Wildman–Crippen LogP) is 2.87. The number of likely N-dealkylation sites (tertiary alicyclic amines) is 1. The Morgan fingerprint density at radius 3 is 2.82 bits per heavy atom.